The normalized spacial score (nSPS) is 12.8. The van der Waals surface area contributed by atoms with E-state index >= 15 is 0 Å². The SMILES string of the molecule is CC[C@@H](C)NC(=O)[C@H](Cc1ccccc1)N(Cc1ccccc1C)C(=O)CN(c1c(C)cccc1C)S(C)(=O)=O. The Bertz CT molecular complexity index is 1400. The highest BCUT2D eigenvalue weighted by molar-refractivity contribution is 7.92. The molecule has 0 bridgehead atoms. The number of carbonyl (C=O) groups is 2. The predicted octanol–water partition coefficient (Wildman–Crippen LogP) is 4.93. The Morgan fingerprint density at radius 3 is 2.00 bits per heavy atom. The van der Waals surface area contributed by atoms with Gasteiger partial charge in [0.05, 0.1) is 11.9 Å². The zero-order valence-electron chi connectivity index (χ0n) is 24.3. The second kappa shape index (κ2) is 13.6. The molecule has 2 atom stereocenters. The van der Waals surface area contributed by atoms with Crippen LogP contribution in [-0.2, 0) is 32.6 Å². The lowest BCUT2D eigenvalue weighted by atomic mass is 10.0. The standard InChI is InChI=1S/C32H41N3O4S/c1-7-26(5)33-32(37)29(20-27-17-9-8-10-18-27)34(21-28-19-12-11-14-23(28)2)30(36)22-35(40(6,38)39)31-24(3)15-13-16-25(31)4/h8-19,26,29H,7,20-22H2,1-6H3,(H,33,37)/t26-,29+/m1/s1. The van der Waals surface area contributed by atoms with Crippen LogP contribution in [0.3, 0.4) is 0 Å². The first-order chi connectivity index (χ1) is 18.9. The fraction of sp³-hybridized carbons (Fsp3) is 0.375. The maximum Gasteiger partial charge on any atom is 0.244 e. The number of nitrogens with zero attached hydrogens (tertiary/aromatic N) is 2. The van der Waals surface area contributed by atoms with Gasteiger partial charge in [-0.05, 0) is 61.9 Å². The first-order valence-corrected chi connectivity index (χ1v) is 15.5. The van der Waals surface area contributed by atoms with E-state index in [1.54, 1.807) is 4.90 Å². The molecule has 0 saturated carbocycles. The van der Waals surface area contributed by atoms with Crippen LogP contribution in [0.4, 0.5) is 5.69 Å². The molecule has 0 radical (unpaired) electrons. The summed E-state index contributed by atoms with van der Waals surface area (Å²) >= 11 is 0. The van der Waals surface area contributed by atoms with Crippen LogP contribution in [-0.4, -0.2) is 50.0 Å². The minimum atomic E-state index is -3.82. The minimum absolute atomic E-state index is 0.0803. The van der Waals surface area contributed by atoms with E-state index in [-0.39, 0.29) is 18.5 Å². The van der Waals surface area contributed by atoms with Gasteiger partial charge in [-0.1, -0.05) is 79.7 Å². The fourth-order valence-electron chi connectivity index (χ4n) is 4.74. The monoisotopic (exact) mass is 563 g/mol. The quantitative estimate of drug-likeness (QED) is 0.339. The molecule has 8 heteroatoms. The number of anilines is 1. The molecule has 3 aromatic carbocycles. The van der Waals surface area contributed by atoms with Crippen molar-refractivity contribution in [1.82, 2.24) is 10.2 Å². The second-order valence-corrected chi connectivity index (χ2v) is 12.4. The number of benzene rings is 3. The molecule has 2 amide bonds. The fourth-order valence-corrected chi connectivity index (χ4v) is 5.71. The van der Waals surface area contributed by atoms with Gasteiger partial charge in [-0.2, -0.15) is 0 Å². The smallest absolute Gasteiger partial charge is 0.244 e. The Kier molecular flexibility index (Phi) is 10.5. The van der Waals surface area contributed by atoms with E-state index < -0.39 is 28.5 Å². The van der Waals surface area contributed by atoms with E-state index in [4.69, 9.17) is 0 Å². The summed E-state index contributed by atoms with van der Waals surface area (Å²) < 4.78 is 27.3. The second-order valence-electron chi connectivity index (χ2n) is 10.5. The molecule has 0 aliphatic rings. The van der Waals surface area contributed by atoms with Crippen molar-refractivity contribution in [2.75, 3.05) is 17.1 Å². The molecule has 0 unspecified atom stereocenters. The highest BCUT2D eigenvalue weighted by atomic mass is 32.2. The van der Waals surface area contributed by atoms with E-state index in [1.165, 1.54) is 0 Å². The summed E-state index contributed by atoms with van der Waals surface area (Å²) in [5.74, 6) is -0.713. The van der Waals surface area contributed by atoms with Crippen LogP contribution in [0.2, 0.25) is 0 Å². The molecule has 214 valence electrons. The van der Waals surface area contributed by atoms with Gasteiger partial charge < -0.3 is 10.2 Å². The molecule has 3 rings (SSSR count). The van der Waals surface area contributed by atoms with Crippen LogP contribution in [0, 0.1) is 20.8 Å². The van der Waals surface area contributed by atoms with E-state index in [0.717, 1.165) is 44.8 Å². The third-order valence-corrected chi connectivity index (χ3v) is 8.35. The molecular weight excluding hydrogens is 522 g/mol. The minimum Gasteiger partial charge on any atom is -0.352 e. The van der Waals surface area contributed by atoms with Crippen LogP contribution < -0.4 is 9.62 Å². The lowest BCUT2D eigenvalue weighted by Gasteiger charge is -2.35. The van der Waals surface area contributed by atoms with Gasteiger partial charge in [-0.25, -0.2) is 8.42 Å². The maximum absolute atomic E-state index is 14.2. The molecule has 3 aromatic rings. The van der Waals surface area contributed by atoms with Gasteiger partial charge >= 0.3 is 0 Å². The Labute approximate surface area is 239 Å². The Hall–Kier alpha value is -3.65. The summed E-state index contributed by atoms with van der Waals surface area (Å²) in [4.78, 5) is 29.5. The molecular formula is C32H41N3O4S. The number of hydrogen-bond acceptors (Lipinski definition) is 4. The van der Waals surface area contributed by atoms with E-state index in [9.17, 15) is 18.0 Å². The summed E-state index contributed by atoms with van der Waals surface area (Å²) in [5.41, 5.74) is 4.76. The molecule has 0 heterocycles. The van der Waals surface area contributed by atoms with Crippen molar-refractivity contribution in [3.05, 3.63) is 101 Å². The molecule has 0 aromatic heterocycles. The first-order valence-electron chi connectivity index (χ1n) is 13.6. The average Bonchev–Trinajstić information content (AvgIpc) is 2.90. The number of hydrogen-bond donors (Lipinski definition) is 1. The Morgan fingerprint density at radius 2 is 1.43 bits per heavy atom. The number of amides is 2. The highest BCUT2D eigenvalue weighted by Crippen LogP contribution is 2.27. The van der Waals surface area contributed by atoms with Crippen LogP contribution in [0.15, 0.2) is 72.8 Å². The van der Waals surface area contributed by atoms with Crippen molar-refractivity contribution < 1.29 is 18.0 Å². The summed E-state index contributed by atoms with van der Waals surface area (Å²) in [6.07, 6.45) is 2.14. The third-order valence-electron chi connectivity index (χ3n) is 7.24. The highest BCUT2D eigenvalue weighted by Gasteiger charge is 2.34. The summed E-state index contributed by atoms with van der Waals surface area (Å²) in [6.45, 7) is 9.28. The van der Waals surface area contributed by atoms with Gasteiger partial charge in [0.2, 0.25) is 21.8 Å². The lowest BCUT2D eigenvalue weighted by Crippen LogP contribution is -2.54. The topological polar surface area (TPSA) is 86.8 Å². The number of sulfonamides is 1. The van der Waals surface area contributed by atoms with Crippen LogP contribution in [0.5, 0.6) is 0 Å². The van der Waals surface area contributed by atoms with Gasteiger partial charge in [-0.15, -0.1) is 0 Å². The maximum atomic E-state index is 14.2. The first kappa shape index (κ1) is 30.9. The summed E-state index contributed by atoms with van der Waals surface area (Å²) in [6, 6.07) is 21.9. The van der Waals surface area contributed by atoms with Crippen molar-refractivity contribution in [3.63, 3.8) is 0 Å². The van der Waals surface area contributed by atoms with Crippen LogP contribution in [0.25, 0.3) is 0 Å². The Morgan fingerprint density at radius 1 is 0.850 bits per heavy atom. The molecule has 0 fully saturated rings. The zero-order valence-corrected chi connectivity index (χ0v) is 25.2. The molecule has 0 aliphatic heterocycles. The van der Waals surface area contributed by atoms with Gasteiger partial charge in [0.15, 0.2) is 0 Å². The van der Waals surface area contributed by atoms with Crippen molar-refractivity contribution >= 4 is 27.5 Å². The third kappa shape index (κ3) is 7.94. The molecule has 7 nitrogen and oxygen atoms in total. The van der Waals surface area contributed by atoms with Gasteiger partial charge in [0, 0.05) is 19.0 Å². The number of para-hydroxylation sites is 1. The zero-order chi connectivity index (χ0) is 29.4. The average molecular weight is 564 g/mol. The molecule has 1 N–H and O–H groups in total. The van der Waals surface area contributed by atoms with Crippen molar-refractivity contribution in [2.24, 2.45) is 0 Å². The molecule has 0 spiro atoms. The summed E-state index contributed by atoms with van der Waals surface area (Å²) in [5, 5.41) is 3.05. The van der Waals surface area contributed by atoms with Crippen molar-refractivity contribution in [1.29, 1.82) is 0 Å². The lowest BCUT2D eigenvalue weighted by molar-refractivity contribution is -0.140. The number of carbonyl (C=O) groups excluding carboxylic acids is 2. The van der Waals surface area contributed by atoms with Crippen molar-refractivity contribution in [3.8, 4) is 0 Å². The predicted molar refractivity (Wildman–Crippen MR) is 162 cm³/mol. The number of rotatable bonds is 12. The molecule has 0 saturated heterocycles. The number of nitrogens with one attached hydrogen (secondary N) is 1. The van der Waals surface area contributed by atoms with Crippen LogP contribution in [0.1, 0.15) is 48.1 Å². The summed E-state index contributed by atoms with van der Waals surface area (Å²) in [7, 11) is -3.82. The molecule has 0 aliphatic carbocycles. The van der Waals surface area contributed by atoms with E-state index in [2.05, 4.69) is 5.32 Å². The Balaban J connectivity index is 2.11. The largest absolute Gasteiger partial charge is 0.352 e. The van der Waals surface area contributed by atoms with E-state index in [1.807, 2.05) is 107 Å². The van der Waals surface area contributed by atoms with Gasteiger partial charge in [0.25, 0.3) is 0 Å². The van der Waals surface area contributed by atoms with E-state index in [0.29, 0.717) is 12.1 Å². The van der Waals surface area contributed by atoms with Gasteiger partial charge in [-0.3, -0.25) is 13.9 Å². The van der Waals surface area contributed by atoms with Gasteiger partial charge in [0.1, 0.15) is 12.6 Å². The molecule has 40 heavy (non-hydrogen) atoms. The number of aryl methyl sites for hydroxylation is 3. The van der Waals surface area contributed by atoms with Crippen LogP contribution >= 0.6 is 0 Å². The van der Waals surface area contributed by atoms with Crippen molar-refractivity contribution in [2.45, 2.75) is 66.1 Å².